The summed E-state index contributed by atoms with van der Waals surface area (Å²) in [7, 11) is 5.43. The number of benzene rings is 1. The van der Waals surface area contributed by atoms with Gasteiger partial charge < -0.3 is 0 Å². The van der Waals surface area contributed by atoms with Gasteiger partial charge in [0, 0.05) is 0 Å². The molecule has 1 aromatic rings. The molecule has 0 aliphatic carbocycles. The molecular weight excluding hydrogens is 125 g/mol. The lowest BCUT2D eigenvalue weighted by atomic mass is 9.94. The summed E-state index contributed by atoms with van der Waals surface area (Å²) in [4.78, 5) is 13.2. The number of carbonyl (C=O) groups excluding carboxylic acids is 1. The summed E-state index contributed by atoms with van der Waals surface area (Å²) in [5, 5.41) is 0. The van der Waals surface area contributed by atoms with Crippen molar-refractivity contribution in [2.75, 3.05) is 0 Å². The SMILES string of the molecule is [B]c1ccccc1N=C=O. The van der Waals surface area contributed by atoms with Crippen molar-refractivity contribution in [2.45, 2.75) is 0 Å². The Balaban J connectivity index is 3.14. The molecule has 0 atom stereocenters. The molecule has 0 unspecified atom stereocenters. The molecule has 2 nitrogen and oxygen atoms in total. The highest BCUT2D eigenvalue weighted by molar-refractivity contribution is 6.35. The lowest BCUT2D eigenvalue weighted by molar-refractivity contribution is 0.565. The summed E-state index contributed by atoms with van der Waals surface area (Å²) >= 11 is 0. The predicted octanol–water partition coefficient (Wildman–Crippen LogP) is 0.448. The van der Waals surface area contributed by atoms with E-state index in [-0.39, 0.29) is 0 Å². The molecule has 0 saturated heterocycles. The van der Waals surface area contributed by atoms with Crippen LogP contribution in [0.1, 0.15) is 0 Å². The average Bonchev–Trinajstić information content (AvgIpc) is 1.94. The van der Waals surface area contributed by atoms with Gasteiger partial charge in [-0.3, -0.25) is 0 Å². The molecular formula is C7H4BNO. The first-order valence-electron chi connectivity index (χ1n) is 2.77. The summed E-state index contributed by atoms with van der Waals surface area (Å²) < 4.78 is 0. The first-order chi connectivity index (χ1) is 4.84. The van der Waals surface area contributed by atoms with Crippen molar-refractivity contribution in [1.82, 2.24) is 0 Å². The maximum atomic E-state index is 9.78. The molecule has 0 aliphatic rings. The van der Waals surface area contributed by atoms with Crippen LogP contribution in [0.5, 0.6) is 0 Å². The van der Waals surface area contributed by atoms with E-state index in [1.54, 1.807) is 24.3 Å². The highest BCUT2D eigenvalue weighted by atomic mass is 16.1. The molecule has 0 saturated carbocycles. The van der Waals surface area contributed by atoms with E-state index in [1.807, 2.05) is 0 Å². The molecule has 46 valence electrons. The second-order valence-corrected chi connectivity index (χ2v) is 1.76. The highest BCUT2D eigenvalue weighted by Crippen LogP contribution is 2.03. The van der Waals surface area contributed by atoms with Gasteiger partial charge in [0.25, 0.3) is 0 Å². The second kappa shape index (κ2) is 2.99. The first-order valence-corrected chi connectivity index (χ1v) is 2.77. The van der Waals surface area contributed by atoms with Gasteiger partial charge in [-0.2, -0.15) is 4.99 Å². The fourth-order valence-electron chi connectivity index (χ4n) is 0.639. The topological polar surface area (TPSA) is 29.4 Å². The Morgan fingerprint density at radius 1 is 1.40 bits per heavy atom. The maximum Gasteiger partial charge on any atom is 0.240 e. The zero-order valence-electron chi connectivity index (χ0n) is 5.24. The van der Waals surface area contributed by atoms with Crippen LogP contribution >= 0.6 is 0 Å². The summed E-state index contributed by atoms with van der Waals surface area (Å²) in [6.07, 6.45) is 1.42. The van der Waals surface area contributed by atoms with Gasteiger partial charge >= 0.3 is 0 Å². The van der Waals surface area contributed by atoms with Crippen molar-refractivity contribution >= 4 is 25.1 Å². The third kappa shape index (κ3) is 1.33. The lowest BCUT2D eigenvalue weighted by Gasteiger charge is -1.93. The van der Waals surface area contributed by atoms with Crippen molar-refractivity contribution in [3.05, 3.63) is 24.3 Å². The molecule has 10 heavy (non-hydrogen) atoms. The van der Waals surface area contributed by atoms with Gasteiger partial charge in [0.1, 0.15) is 7.85 Å². The van der Waals surface area contributed by atoms with Crippen molar-refractivity contribution in [3.63, 3.8) is 0 Å². The lowest BCUT2D eigenvalue weighted by Crippen LogP contribution is -2.00. The summed E-state index contributed by atoms with van der Waals surface area (Å²) in [6.45, 7) is 0. The van der Waals surface area contributed by atoms with Crippen LogP contribution in [0.2, 0.25) is 0 Å². The van der Waals surface area contributed by atoms with Crippen LogP contribution in [0.15, 0.2) is 29.3 Å². The molecule has 1 rings (SSSR count). The minimum absolute atomic E-state index is 0.470. The predicted molar refractivity (Wildman–Crippen MR) is 39.6 cm³/mol. The standard InChI is InChI=1S/C7H4BNO/c8-6-3-1-2-4-7(6)9-5-10/h1-4H. The fraction of sp³-hybridized carbons (Fsp3) is 0. The number of aliphatic imine (C=N–C) groups is 1. The van der Waals surface area contributed by atoms with Gasteiger partial charge in [0.2, 0.25) is 6.08 Å². The van der Waals surface area contributed by atoms with E-state index in [1.165, 1.54) is 6.08 Å². The molecule has 0 aliphatic heterocycles. The van der Waals surface area contributed by atoms with Gasteiger partial charge in [-0.1, -0.05) is 23.7 Å². The van der Waals surface area contributed by atoms with Gasteiger partial charge in [0.15, 0.2) is 0 Å². The van der Waals surface area contributed by atoms with Crippen LogP contribution in [0.3, 0.4) is 0 Å². The van der Waals surface area contributed by atoms with Crippen molar-refractivity contribution < 1.29 is 4.79 Å². The Labute approximate surface area is 60.0 Å². The Morgan fingerprint density at radius 3 is 2.70 bits per heavy atom. The number of isocyanates is 1. The van der Waals surface area contributed by atoms with Crippen molar-refractivity contribution in [3.8, 4) is 0 Å². The zero-order chi connectivity index (χ0) is 7.40. The third-order valence-corrected chi connectivity index (χ3v) is 1.10. The average molecular weight is 129 g/mol. The van der Waals surface area contributed by atoms with E-state index in [9.17, 15) is 4.79 Å². The largest absolute Gasteiger partial charge is 0.240 e. The van der Waals surface area contributed by atoms with Crippen LogP contribution in [-0.2, 0) is 4.79 Å². The van der Waals surface area contributed by atoms with Gasteiger partial charge in [0.05, 0.1) is 5.69 Å². The quantitative estimate of drug-likeness (QED) is 0.307. The van der Waals surface area contributed by atoms with E-state index in [0.717, 1.165) is 0 Å². The normalized spacial score (nSPS) is 8.40. The van der Waals surface area contributed by atoms with Crippen LogP contribution in [0.4, 0.5) is 5.69 Å². The Hall–Kier alpha value is -1.34. The summed E-state index contributed by atoms with van der Waals surface area (Å²) in [5.41, 5.74) is 0.961. The fourth-order valence-corrected chi connectivity index (χ4v) is 0.639. The van der Waals surface area contributed by atoms with E-state index >= 15 is 0 Å². The van der Waals surface area contributed by atoms with E-state index < -0.39 is 0 Å². The highest BCUT2D eigenvalue weighted by Gasteiger charge is 1.89. The molecule has 0 spiro atoms. The monoisotopic (exact) mass is 129 g/mol. The molecule has 0 N–H and O–H groups in total. The number of nitrogens with zero attached hydrogens (tertiary/aromatic N) is 1. The smallest absolute Gasteiger partial charge is 0.211 e. The molecule has 0 heterocycles. The van der Waals surface area contributed by atoms with Crippen LogP contribution in [-0.4, -0.2) is 13.9 Å². The van der Waals surface area contributed by atoms with Crippen LogP contribution in [0, 0.1) is 0 Å². The Morgan fingerprint density at radius 2 is 2.10 bits per heavy atom. The molecule has 0 amide bonds. The summed E-state index contributed by atoms with van der Waals surface area (Å²) in [6, 6.07) is 6.86. The van der Waals surface area contributed by atoms with Crippen molar-refractivity contribution in [1.29, 1.82) is 0 Å². The minimum Gasteiger partial charge on any atom is -0.211 e. The number of para-hydroxylation sites is 1. The van der Waals surface area contributed by atoms with Crippen LogP contribution in [0.25, 0.3) is 0 Å². The minimum atomic E-state index is 0.470. The first kappa shape index (κ1) is 6.78. The molecule has 0 bridgehead atoms. The van der Waals surface area contributed by atoms with E-state index in [4.69, 9.17) is 7.85 Å². The van der Waals surface area contributed by atoms with E-state index in [2.05, 4.69) is 4.99 Å². The Kier molecular flexibility index (Phi) is 2.03. The molecule has 0 aromatic heterocycles. The zero-order valence-corrected chi connectivity index (χ0v) is 5.24. The summed E-state index contributed by atoms with van der Waals surface area (Å²) in [5.74, 6) is 0. The van der Waals surface area contributed by atoms with Crippen molar-refractivity contribution in [2.24, 2.45) is 4.99 Å². The van der Waals surface area contributed by atoms with Crippen LogP contribution < -0.4 is 5.46 Å². The third-order valence-electron chi connectivity index (χ3n) is 1.10. The van der Waals surface area contributed by atoms with Gasteiger partial charge in [-0.25, -0.2) is 4.79 Å². The molecule has 3 heteroatoms. The van der Waals surface area contributed by atoms with E-state index in [0.29, 0.717) is 11.2 Å². The maximum absolute atomic E-state index is 9.78. The molecule has 0 fully saturated rings. The molecule has 2 radical (unpaired) electrons. The molecule has 1 aromatic carbocycles. The Bertz CT molecular complexity index is 279. The van der Waals surface area contributed by atoms with Gasteiger partial charge in [-0.15, -0.1) is 0 Å². The number of hydrogen-bond donors (Lipinski definition) is 0. The number of hydrogen-bond acceptors (Lipinski definition) is 2. The number of rotatable bonds is 1. The second-order valence-electron chi connectivity index (χ2n) is 1.76. The van der Waals surface area contributed by atoms with Gasteiger partial charge in [-0.05, 0) is 6.07 Å².